The van der Waals surface area contributed by atoms with E-state index in [0.717, 1.165) is 43.6 Å². The molecule has 6 nitrogen and oxygen atoms in total. The number of carbonyl (C=O) groups excluding carboxylic acids is 1. The fourth-order valence-electron chi connectivity index (χ4n) is 3.87. The Hall–Kier alpha value is -2.99. The van der Waals surface area contributed by atoms with Gasteiger partial charge in [-0.05, 0) is 50.9 Å². The van der Waals surface area contributed by atoms with Gasteiger partial charge in [0.25, 0.3) is 0 Å². The average molecular weight is 405 g/mol. The Balaban J connectivity index is 1.29. The maximum Gasteiger partial charge on any atom is 0.241 e. The number of hydrogen-bond acceptors (Lipinski definition) is 5. The van der Waals surface area contributed by atoms with Crippen molar-refractivity contribution < 1.29 is 9.32 Å². The molecule has 0 unspecified atom stereocenters. The third-order valence-corrected chi connectivity index (χ3v) is 5.75. The SMILES string of the molecule is CCc1ccccc1NC(=O)C1CCN(Cc2nc(-c3ccc(C)cc3)no2)CC1. The summed E-state index contributed by atoms with van der Waals surface area (Å²) in [4.78, 5) is 19.5. The smallest absolute Gasteiger partial charge is 0.241 e. The molecule has 0 atom stereocenters. The summed E-state index contributed by atoms with van der Waals surface area (Å²) in [5.74, 6) is 1.39. The molecule has 2 aromatic carbocycles. The number of amides is 1. The molecular formula is C24H28N4O2. The minimum absolute atomic E-state index is 0.0389. The molecule has 0 saturated carbocycles. The molecule has 1 N–H and O–H groups in total. The molecule has 1 aromatic heterocycles. The maximum atomic E-state index is 12.7. The summed E-state index contributed by atoms with van der Waals surface area (Å²) in [6.07, 6.45) is 2.57. The Morgan fingerprint density at radius 1 is 1.13 bits per heavy atom. The first kappa shape index (κ1) is 20.3. The van der Waals surface area contributed by atoms with E-state index in [1.807, 2.05) is 42.5 Å². The molecule has 156 valence electrons. The van der Waals surface area contributed by atoms with Crippen molar-refractivity contribution in [3.8, 4) is 11.4 Å². The Bertz CT molecular complexity index is 988. The Kier molecular flexibility index (Phi) is 6.23. The third kappa shape index (κ3) is 4.76. The molecule has 6 heteroatoms. The van der Waals surface area contributed by atoms with Crippen LogP contribution in [0.3, 0.4) is 0 Å². The van der Waals surface area contributed by atoms with Crippen LogP contribution in [0.25, 0.3) is 11.4 Å². The predicted octanol–water partition coefficient (Wildman–Crippen LogP) is 4.46. The molecule has 30 heavy (non-hydrogen) atoms. The number of hydrogen-bond donors (Lipinski definition) is 1. The highest BCUT2D eigenvalue weighted by Crippen LogP contribution is 2.23. The number of nitrogens with one attached hydrogen (secondary N) is 1. The van der Waals surface area contributed by atoms with Gasteiger partial charge in [-0.2, -0.15) is 4.98 Å². The lowest BCUT2D eigenvalue weighted by Gasteiger charge is -2.30. The summed E-state index contributed by atoms with van der Waals surface area (Å²) in [6, 6.07) is 16.1. The van der Waals surface area contributed by atoms with Crippen molar-refractivity contribution in [3.05, 3.63) is 65.5 Å². The van der Waals surface area contributed by atoms with E-state index >= 15 is 0 Å². The first-order valence-corrected chi connectivity index (χ1v) is 10.6. The first-order valence-electron chi connectivity index (χ1n) is 10.6. The van der Waals surface area contributed by atoms with Crippen LogP contribution < -0.4 is 5.32 Å². The van der Waals surface area contributed by atoms with Crippen LogP contribution in [0.5, 0.6) is 0 Å². The molecule has 0 spiro atoms. The number of nitrogens with zero attached hydrogens (tertiary/aromatic N) is 3. The van der Waals surface area contributed by atoms with Crippen molar-refractivity contribution in [2.45, 2.75) is 39.7 Å². The molecule has 1 fully saturated rings. The van der Waals surface area contributed by atoms with Crippen LogP contribution >= 0.6 is 0 Å². The Morgan fingerprint density at radius 2 is 1.87 bits per heavy atom. The fraction of sp³-hybridized carbons (Fsp3) is 0.375. The van der Waals surface area contributed by atoms with E-state index in [1.54, 1.807) is 0 Å². The maximum absolute atomic E-state index is 12.7. The normalized spacial score (nSPS) is 15.3. The van der Waals surface area contributed by atoms with E-state index in [-0.39, 0.29) is 11.8 Å². The van der Waals surface area contributed by atoms with Gasteiger partial charge in [-0.1, -0.05) is 60.1 Å². The van der Waals surface area contributed by atoms with Gasteiger partial charge >= 0.3 is 0 Å². The average Bonchev–Trinajstić information content (AvgIpc) is 3.23. The third-order valence-electron chi connectivity index (χ3n) is 5.75. The highest BCUT2D eigenvalue weighted by Gasteiger charge is 2.26. The van der Waals surface area contributed by atoms with Gasteiger partial charge in [0.1, 0.15) is 0 Å². The molecule has 1 aliphatic heterocycles. The zero-order valence-electron chi connectivity index (χ0n) is 17.6. The zero-order valence-corrected chi connectivity index (χ0v) is 17.6. The van der Waals surface area contributed by atoms with Crippen LogP contribution in [-0.2, 0) is 17.8 Å². The largest absolute Gasteiger partial charge is 0.338 e. The lowest BCUT2D eigenvalue weighted by Crippen LogP contribution is -2.37. The van der Waals surface area contributed by atoms with Gasteiger partial charge in [-0.25, -0.2) is 0 Å². The zero-order chi connectivity index (χ0) is 20.9. The van der Waals surface area contributed by atoms with Crippen LogP contribution in [0.1, 0.15) is 36.8 Å². The van der Waals surface area contributed by atoms with Gasteiger partial charge in [0.2, 0.25) is 17.6 Å². The van der Waals surface area contributed by atoms with Gasteiger partial charge < -0.3 is 9.84 Å². The molecule has 0 radical (unpaired) electrons. The van der Waals surface area contributed by atoms with Gasteiger partial charge in [-0.3, -0.25) is 9.69 Å². The first-order chi connectivity index (χ1) is 14.6. The predicted molar refractivity (Wildman–Crippen MR) is 117 cm³/mol. The van der Waals surface area contributed by atoms with Crippen molar-refractivity contribution in [2.24, 2.45) is 5.92 Å². The fourth-order valence-corrected chi connectivity index (χ4v) is 3.87. The summed E-state index contributed by atoms with van der Waals surface area (Å²) < 4.78 is 5.45. The van der Waals surface area contributed by atoms with Crippen molar-refractivity contribution in [1.29, 1.82) is 0 Å². The number of para-hydroxylation sites is 1. The number of benzene rings is 2. The van der Waals surface area contributed by atoms with E-state index in [9.17, 15) is 4.79 Å². The second-order valence-corrected chi connectivity index (χ2v) is 7.93. The molecule has 0 bridgehead atoms. The molecule has 4 rings (SSSR count). The topological polar surface area (TPSA) is 71.3 Å². The minimum atomic E-state index is 0.0389. The molecule has 1 amide bonds. The van der Waals surface area contributed by atoms with Crippen molar-refractivity contribution in [3.63, 3.8) is 0 Å². The lowest BCUT2D eigenvalue weighted by molar-refractivity contribution is -0.121. The van der Waals surface area contributed by atoms with E-state index in [1.165, 1.54) is 11.1 Å². The van der Waals surface area contributed by atoms with Crippen LogP contribution in [-0.4, -0.2) is 34.0 Å². The Morgan fingerprint density at radius 3 is 2.60 bits per heavy atom. The Labute approximate surface area is 177 Å². The number of carbonyl (C=O) groups is 1. The molecule has 0 aliphatic carbocycles. The number of rotatable bonds is 6. The molecule has 2 heterocycles. The van der Waals surface area contributed by atoms with E-state index in [0.29, 0.717) is 18.3 Å². The highest BCUT2D eigenvalue weighted by molar-refractivity contribution is 5.93. The van der Waals surface area contributed by atoms with Crippen molar-refractivity contribution in [1.82, 2.24) is 15.0 Å². The number of aryl methyl sites for hydroxylation is 2. The summed E-state index contributed by atoms with van der Waals surface area (Å²) >= 11 is 0. The van der Waals surface area contributed by atoms with E-state index in [4.69, 9.17) is 4.52 Å². The summed E-state index contributed by atoms with van der Waals surface area (Å²) in [5.41, 5.74) is 4.26. The van der Waals surface area contributed by atoms with Gasteiger partial charge in [0.15, 0.2) is 0 Å². The molecular weight excluding hydrogens is 376 g/mol. The number of likely N-dealkylation sites (tertiary alicyclic amines) is 1. The molecule has 1 aliphatic rings. The van der Waals surface area contributed by atoms with Gasteiger partial charge in [-0.15, -0.1) is 0 Å². The standard InChI is InChI=1S/C24H28N4O2/c1-3-18-6-4-5-7-21(18)25-24(29)20-12-14-28(15-13-20)16-22-26-23(27-30-22)19-10-8-17(2)9-11-19/h4-11,20H,3,12-16H2,1-2H3,(H,25,29). The van der Waals surface area contributed by atoms with E-state index in [2.05, 4.69) is 40.3 Å². The van der Waals surface area contributed by atoms with Crippen LogP contribution in [0.15, 0.2) is 53.1 Å². The summed E-state index contributed by atoms with van der Waals surface area (Å²) in [5, 5.41) is 7.23. The number of aromatic nitrogens is 2. The molecule has 3 aromatic rings. The van der Waals surface area contributed by atoms with Gasteiger partial charge in [0, 0.05) is 17.2 Å². The monoisotopic (exact) mass is 404 g/mol. The van der Waals surface area contributed by atoms with Crippen LogP contribution in [0.2, 0.25) is 0 Å². The lowest BCUT2D eigenvalue weighted by atomic mass is 9.95. The number of anilines is 1. The van der Waals surface area contributed by atoms with Crippen molar-refractivity contribution >= 4 is 11.6 Å². The number of piperidine rings is 1. The van der Waals surface area contributed by atoms with Crippen molar-refractivity contribution in [2.75, 3.05) is 18.4 Å². The van der Waals surface area contributed by atoms with Gasteiger partial charge in [0.05, 0.1) is 6.54 Å². The summed E-state index contributed by atoms with van der Waals surface area (Å²) in [7, 11) is 0. The molecule has 1 saturated heterocycles. The van der Waals surface area contributed by atoms with Crippen LogP contribution in [0, 0.1) is 12.8 Å². The quantitative estimate of drug-likeness (QED) is 0.657. The highest BCUT2D eigenvalue weighted by atomic mass is 16.5. The summed E-state index contributed by atoms with van der Waals surface area (Å²) in [6.45, 7) is 6.46. The minimum Gasteiger partial charge on any atom is -0.338 e. The van der Waals surface area contributed by atoms with Crippen LogP contribution in [0.4, 0.5) is 5.69 Å². The second-order valence-electron chi connectivity index (χ2n) is 7.93. The van der Waals surface area contributed by atoms with E-state index < -0.39 is 0 Å². The second kappa shape index (κ2) is 9.22.